The lowest BCUT2D eigenvalue weighted by atomic mass is 10.1. The van der Waals surface area contributed by atoms with E-state index in [-0.39, 0.29) is 5.91 Å². The van der Waals surface area contributed by atoms with Gasteiger partial charge in [-0.3, -0.25) is 9.48 Å². The number of aromatic nitrogens is 2. The molecule has 0 spiro atoms. The largest absolute Gasteiger partial charge is 0.497 e. The maximum Gasteiger partial charge on any atom is 0.259 e. The number of nitrogens with one attached hydrogen (secondary N) is 1. The van der Waals surface area contributed by atoms with Crippen LogP contribution in [0.2, 0.25) is 0 Å². The van der Waals surface area contributed by atoms with Crippen LogP contribution in [-0.2, 0) is 6.54 Å². The van der Waals surface area contributed by atoms with E-state index in [4.69, 9.17) is 14.6 Å². The van der Waals surface area contributed by atoms with Gasteiger partial charge in [0, 0.05) is 17.8 Å². The van der Waals surface area contributed by atoms with Crippen LogP contribution < -0.4 is 14.8 Å². The summed E-state index contributed by atoms with van der Waals surface area (Å²) in [5.74, 6) is 0.909. The summed E-state index contributed by atoms with van der Waals surface area (Å²) in [6.07, 6.45) is 1.79. The molecule has 0 saturated carbocycles. The highest BCUT2D eigenvalue weighted by molar-refractivity contribution is 6.08. The Bertz CT molecular complexity index is 1260. The van der Waals surface area contributed by atoms with Gasteiger partial charge in [0.1, 0.15) is 17.2 Å². The van der Waals surface area contributed by atoms with Crippen molar-refractivity contribution in [1.29, 1.82) is 0 Å². The lowest BCUT2D eigenvalue weighted by Gasteiger charge is -2.11. The van der Waals surface area contributed by atoms with Gasteiger partial charge in [0.25, 0.3) is 5.91 Å². The van der Waals surface area contributed by atoms with Gasteiger partial charge in [0.05, 0.1) is 32.0 Å². The maximum atomic E-state index is 13.4. The van der Waals surface area contributed by atoms with E-state index in [1.807, 2.05) is 31.2 Å². The van der Waals surface area contributed by atoms with Crippen molar-refractivity contribution in [1.82, 2.24) is 9.78 Å². The predicted molar refractivity (Wildman–Crippen MR) is 130 cm³/mol. The number of hydrogen-bond acceptors (Lipinski definition) is 4. The van der Waals surface area contributed by atoms with Crippen LogP contribution in [0.25, 0.3) is 11.3 Å². The quantitative estimate of drug-likeness (QED) is 0.412. The minimum atomic E-state index is -0.260. The van der Waals surface area contributed by atoms with E-state index in [0.29, 0.717) is 35.0 Å². The van der Waals surface area contributed by atoms with Crippen LogP contribution in [0.4, 0.5) is 5.69 Å². The molecule has 0 fully saturated rings. The third-order valence-corrected chi connectivity index (χ3v) is 5.45. The second-order valence-electron chi connectivity index (χ2n) is 7.96. The molecule has 0 atom stereocenters. The first-order valence-corrected chi connectivity index (χ1v) is 10.7. The van der Waals surface area contributed by atoms with Gasteiger partial charge in [-0.25, -0.2) is 0 Å². The molecule has 1 N–H and O–H groups in total. The molecule has 4 rings (SSSR count). The number of methoxy groups -OCH3 is 2. The third kappa shape index (κ3) is 5.06. The number of aryl methyl sites for hydroxylation is 2. The van der Waals surface area contributed by atoms with E-state index in [9.17, 15) is 4.79 Å². The number of amides is 1. The van der Waals surface area contributed by atoms with Gasteiger partial charge in [-0.1, -0.05) is 59.7 Å². The molecule has 0 saturated heterocycles. The zero-order valence-electron chi connectivity index (χ0n) is 19.3. The molecule has 6 nitrogen and oxygen atoms in total. The average molecular weight is 442 g/mol. The predicted octanol–water partition coefficient (Wildman–Crippen LogP) is 5.48. The van der Waals surface area contributed by atoms with Crippen LogP contribution >= 0.6 is 0 Å². The topological polar surface area (TPSA) is 65.4 Å². The Kier molecular flexibility index (Phi) is 6.45. The lowest BCUT2D eigenvalue weighted by molar-refractivity contribution is 0.102. The Balaban J connectivity index is 1.69. The summed E-state index contributed by atoms with van der Waals surface area (Å²) in [6, 6.07) is 21.6. The molecule has 0 radical (unpaired) electrons. The van der Waals surface area contributed by atoms with Gasteiger partial charge >= 0.3 is 0 Å². The van der Waals surface area contributed by atoms with Crippen molar-refractivity contribution < 1.29 is 14.3 Å². The SMILES string of the molecule is COc1ccc(NC(=O)c2cn(Cc3ccc(C)cc3)nc2-c2ccc(C)cc2)c(OC)c1. The van der Waals surface area contributed by atoms with Gasteiger partial charge in [0.2, 0.25) is 0 Å². The van der Waals surface area contributed by atoms with Crippen LogP contribution in [0.3, 0.4) is 0 Å². The summed E-state index contributed by atoms with van der Waals surface area (Å²) >= 11 is 0. The highest BCUT2D eigenvalue weighted by Crippen LogP contribution is 2.30. The lowest BCUT2D eigenvalue weighted by Crippen LogP contribution is -2.13. The van der Waals surface area contributed by atoms with Gasteiger partial charge < -0.3 is 14.8 Å². The molecule has 1 aromatic heterocycles. The number of benzene rings is 3. The van der Waals surface area contributed by atoms with E-state index < -0.39 is 0 Å². The van der Waals surface area contributed by atoms with E-state index >= 15 is 0 Å². The molecule has 4 aromatic rings. The van der Waals surface area contributed by atoms with Crippen LogP contribution in [-0.4, -0.2) is 29.9 Å². The first kappa shape index (κ1) is 22.1. The number of carbonyl (C=O) groups is 1. The van der Waals surface area contributed by atoms with E-state index in [2.05, 4.69) is 36.5 Å². The number of rotatable bonds is 7. The molecule has 168 valence electrons. The fraction of sp³-hybridized carbons (Fsp3) is 0.185. The van der Waals surface area contributed by atoms with E-state index in [1.165, 1.54) is 5.56 Å². The molecule has 0 aliphatic rings. The van der Waals surface area contributed by atoms with Gasteiger partial charge in [0.15, 0.2) is 0 Å². The van der Waals surface area contributed by atoms with Crippen LogP contribution in [0.5, 0.6) is 11.5 Å². The van der Waals surface area contributed by atoms with Crippen molar-refractivity contribution in [3.63, 3.8) is 0 Å². The summed E-state index contributed by atoms with van der Waals surface area (Å²) in [5, 5.41) is 7.73. The number of carbonyl (C=O) groups excluding carboxylic acids is 1. The first-order chi connectivity index (χ1) is 16.0. The molecule has 1 amide bonds. The highest BCUT2D eigenvalue weighted by Gasteiger charge is 2.20. The molecule has 0 unspecified atom stereocenters. The molecule has 33 heavy (non-hydrogen) atoms. The molecule has 3 aromatic carbocycles. The van der Waals surface area contributed by atoms with Gasteiger partial charge in [-0.2, -0.15) is 5.10 Å². The third-order valence-electron chi connectivity index (χ3n) is 5.45. The van der Waals surface area contributed by atoms with Gasteiger partial charge in [-0.15, -0.1) is 0 Å². The minimum Gasteiger partial charge on any atom is -0.497 e. The van der Waals surface area contributed by atoms with Crippen molar-refractivity contribution in [3.05, 3.63) is 95.2 Å². The zero-order valence-corrected chi connectivity index (χ0v) is 19.3. The number of nitrogens with zero attached hydrogens (tertiary/aromatic N) is 2. The Labute approximate surface area is 193 Å². The van der Waals surface area contributed by atoms with Crippen molar-refractivity contribution in [2.75, 3.05) is 19.5 Å². The molecular weight excluding hydrogens is 414 g/mol. The Hall–Kier alpha value is -4.06. The Morgan fingerprint density at radius 3 is 2.21 bits per heavy atom. The zero-order chi connectivity index (χ0) is 23.4. The van der Waals surface area contributed by atoms with Crippen molar-refractivity contribution in [2.24, 2.45) is 0 Å². The fourth-order valence-electron chi connectivity index (χ4n) is 3.57. The minimum absolute atomic E-state index is 0.260. The van der Waals surface area contributed by atoms with Gasteiger partial charge in [-0.05, 0) is 31.5 Å². The summed E-state index contributed by atoms with van der Waals surface area (Å²) in [6.45, 7) is 4.66. The Morgan fingerprint density at radius 2 is 1.58 bits per heavy atom. The second-order valence-corrected chi connectivity index (χ2v) is 7.96. The fourth-order valence-corrected chi connectivity index (χ4v) is 3.57. The van der Waals surface area contributed by atoms with Crippen LogP contribution in [0.15, 0.2) is 72.9 Å². The van der Waals surface area contributed by atoms with E-state index in [1.54, 1.807) is 43.3 Å². The molecule has 0 aliphatic heterocycles. The maximum absolute atomic E-state index is 13.4. The monoisotopic (exact) mass is 441 g/mol. The highest BCUT2D eigenvalue weighted by atomic mass is 16.5. The standard InChI is InChI=1S/C27H27N3O3/c1-18-5-9-20(10-6-18)16-30-17-23(26(29-30)21-11-7-19(2)8-12-21)27(31)28-24-14-13-22(32-3)15-25(24)33-4/h5-15,17H,16H2,1-4H3,(H,28,31). The van der Waals surface area contributed by atoms with Crippen LogP contribution in [0.1, 0.15) is 27.0 Å². The molecule has 0 aliphatic carbocycles. The second kappa shape index (κ2) is 9.61. The summed E-state index contributed by atoms with van der Waals surface area (Å²) in [4.78, 5) is 13.4. The first-order valence-electron chi connectivity index (χ1n) is 10.7. The van der Waals surface area contributed by atoms with Crippen molar-refractivity contribution in [3.8, 4) is 22.8 Å². The molecule has 1 heterocycles. The van der Waals surface area contributed by atoms with Crippen molar-refractivity contribution in [2.45, 2.75) is 20.4 Å². The molecular formula is C27H27N3O3. The average Bonchev–Trinajstić information content (AvgIpc) is 3.25. The van der Waals surface area contributed by atoms with Crippen LogP contribution in [0, 0.1) is 13.8 Å². The molecule has 6 heteroatoms. The summed E-state index contributed by atoms with van der Waals surface area (Å²) in [7, 11) is 3.14. The molecule has 0 bridgehead atoms. The Morgan fingerprint density at radius 1 is 0.909 bits per heavy atom. The summed E-state index contributed by atoms with van der Waals surface area (Å²) < 4.78 is 12.5. The normalized spacial score (nSPS) is 10.7. The van der Waals surface area contributed by atoms with E-state index in [0.717, 1.165) is 16.7 Å². The smallest absolute Gasteiger partial charge is 0.259 e. The summed E-state index contributed by atoms with van der Waals surface area (Å²) in [5.41, 5.74) is 6.03. The van der Waals surface area contributed by atoms with Crippen molar-refractivity contribution >= 4 is 11.6 Å². The number of anilines is 1. The number of ether oxygens (including phenoxy) is 2. The number of hydrogen-bond donors (Lipinski definition) is 1.